The maximum absolute atomic E-state index is 13.9. The molecule has 0 radical (unpaired) electrons. The molecule has 0 unspecified atom stereocenters. The van der Waals surface area contributed by atoms with Crippen LogP contribution in [0, 0.1) is 11.6 Å². The molecular formula is C16H13Cl3F2. The zero-order valence-electron chi connectivity index (χ0n) is 11.1. The molecule has 21 heavy (non-hydrogen) atoms. The van der Waals surface area contributed by atoms with Crippen LogP contribution in [0.2, 0.25) is 5.02 Å². The molecule has 2 aromatic rings. The fourth-order valence-electron chi connectivity index (χ4n) is 2.30. The van der Waals surface area contributed by atoms with Gasteiger partial charge in [-0.25, -0.2) is 8.78 Å². The Morgan fingerprint density at radius 1 is 0.857 bits per heavy atom. The highest BCUT2D eigenvalue weighted by atomic mass is 35.5. The van der Waals surface area contributed by atoms with Gasteiger partial charge in [-0.3, -0.25) is 0 Å². The van der Waals surface area contributed by atoms with E-state index in [9.17, 15) is 8.78 Å². The predicted octanol–water partition coefficient (Wildman–Crippen LogP) is 5.58. The van der Waals surface area contributed by atoms with E-state index in [1.807, 2.05) is 0 Å². The van der Waals surface area contributed by atoms with Crippen LogP contribution in [0.5, 0.6) is 0 Å². The first-order valence-corrected chi connectivity index (χ1v) is 7.78. The van der Waals surface area contributed by atoms with Crippen LogP contribution < -0.4 is 0 Å². The Kier molecular flexibility index (Phi) is 5.48. The lowest BCUT2D eigenvalue weighted by Crippen LogP contribution is -2.34. The lowest BCUT2D eigenvalue weighted by molar-refractivity contribution is 0.483. The molecule has 0 heterocycles. The van der Waals surface area contributed by atoms with Gasteiger partial charge in [0.1, 0.15) is 11.6 Å². The molecule has 0 spiro atoms. The first-order chi connectivity index (χ1) is 10.0. The second-order valence-corrected chi connectivity index (χ2v) is 5.85. The van der Waals surface area contributed by atoms with Gasteiger partial charge in [0.2, 0.25) is 0 Å². The first-order valence-electron chi connectivity index (χ1n) is 6.34. The van der Waals surface area contributed by atoms with Gasteiger partial charge in [0, 0.05) is 27.8 Å². The normalized spacial score (nSPS) is 11.7. The Morgan fingerprint density at radius 2 is 1.43 bits per heavy atom. The van der Waals surface area contributed by atoms with Crippen molar-refractivity contribution in [3.05, 3.63) is 70.2 Å². The molecular weight excluding hydrogens is 337 g/mol. The smallest absolute Gasteiger partial charge is 0.129 e. The maximum Gasteiger partial charge on any atom is 0.129 e. The van der Waals surface area contributed by atoms with Gasteiger partial charge >= 0.3 is 0 Å². The molecule has 0 aliphatic heterocycles. The van der Waals surface area contributed by atoms with E-state index >= 15 is 0 Å². The van der Waals surface area contributed by atoms with Crippen LogP contribution in [0.25, 0.3) is 0 Å². The largest absolute Gasteiger partial charge is 0.207 e. The van der Waals surface area contributed by atoms with Crippen molar-refractivity contribution >= 4 is 34.8 Å². The van der Waals surface area contributed by atoms with Gasteiger partial charge in [-0.2, -0.15) is 0 Å². The zero-order valence-corrected chi connectivity index (χ0v) is 13.3. The highest BCUT2D eigenvalue weighted by molar-refractivity contribution is 6.32. The maximum atomic E-state index is 13.9. The first kappa shape index (κ1) is 16.5. The van der Waals surface area contributed by atoms with Crippen LogP contribution in [0.4, 0.5) is 8.78 Å². The fraction of sp³-hybridized carbons (Fsp3) is 0.250. The number of halogens is 5. The average molecular weight is 350 g/mol. The van der Waals surface area contributed by atoms with Crippen LogP contribution in [-0.2, 0) is 11.8 Å². The molecule has 0 aliphatic rings. The quantitative estimate of drug-likeness (QED) is 0.618. The van der Waals surface area contributed by atoms with Gasteiger partial charge in [0.05, 0.1) is 0 Å². The number of hydrogen-bond donors (Lipinski definition) is 0. The number of hydrogen-bond acceptors (Lipinski definition) is 0. The third kappa shape index (κ3) is 3.33. The standard InChI is InChI=1S/C16H13Cl3F2/c17-9-16(10-18,12-4-1-2-5-13(12)19)8-11-14(20)6-3-7-15(11)21/h1-7H,8-10H2. The lowest BCUT2D eigenvalue weighted by atomic mass is 9.78. The fourth-order valence-corrected chi connectivity index (χ4v) is 3.40. The van der Waals surface area contributed by atoms with E-state index in [2.05, 4.69) is 0 Å². The number of benzene rings is 2. The van der Waals surface area contributed by atoms with E-state index in [1.54, 1.807) is 24.3 Å². The summed E-state index contributed by atoms with van der Waals surface area (Å²) >= 11 is 18.4. The molecule has 2 rings (SSSR count). The Balaban J connectivity index is 2.51. The van der Waals surface area contributed by atoms with Gasteiger partial charge in [-0.1, -0.05) is 35.9 Å². The van der Waals surface area contributed by atoms with Crippen molar-refractivity contribution in [1.82, 2.24) is 0 Å². The van der Waals surface area contributed by atoms with E-state index in [0.29, 0.717) is 10.6 Å². The molecule has 0 saturated carbocycles. The average Bonchev–Trinajstić information content (AvgIpc) is 2.49. The van der Waals surface area contributed by atoms with Gasteiger partial charge < -0.3 is 0 Å². The summed E-state index contributed by atoms with van der Waals surface area (Å²) in [5, 5.41) is 0.482. The van der Waals surface area contributed by atoms with Crippen LogP contribution in [-0.4, -0.2) is 11.8 Å². The third-order valence-corrected chi connectivity index (χ3v) is 4.89. The molecule has 0 fully saturated rings. The van der Waals surface area contributed by atoms with Crippen molar-refractivity contribution in [2.75, 3.05) is 11.8 Å². The van der Waals surface area contributed by atoms with Crippen molar-refractivity contribution in [1.29, 1.82) is 0 Å². The Hall–Kier alpha value is -0.830. The summed E-state index contributed by atoms with van der Waals surface area (Å²) in [5.41, 5.74) is -0.164. The Bertz CT molecular complexity index is 604. The van der Waals surface area contributed by atoms with E-state index in [1.165, 1.54) is 18.2 Å². The van der Waals surface area contributed by atoms with Crippen LogP contribution in [0.3, 0.4) is 0 Å². The Morgan fingerprint density at radius 3 is 1.95 bits per heavy atom. The summed E-state index contributed by atoms with van der Waals surface area (Å²) in [6.07, 6.45) is 0.0439. The molecule has 112 valence electrons. The summed E-state index contributed by atoms with van der Waals surface area (Å²) in [4.78, 5) is 0. The summed E-state index contributed by atoms with van der Waals surface area (Å²) in [7, 11) is 0. The highest BCUT2D eigenvalue weighted by Crippen LogP contribution is 2.37. The van der Waals surface area contributed by atoms with E-state index < -0.39 is 17.0 Å². The molecule has 2 aromatic carbocycles. The summed E-state index contributed by atoms with van der Waals surface area (Å²) in [6.45, 7) is 0. The summed E-state index contributed by atoms with van der Waals surface area (Å²) in [5.74, 6) is -1.01. The highest BCUT2D eigenvalue weighted by Gasteiger charge is 2.34. The van der Waals surface area contributed by atoms with Gasteiger partial charge in [0.15, 0.2) is 0 Å². The van der Waals surface area contributed by atoms with E-state index in [-0.39, 0.29) is 23.7 Å². The molecule has 0 N–H and O–H groups in total. The van der Waals surface area contributed by atoms with Gasteiger partial charge in [0.25, 0.3) is 0 Å². The van der Waals surface area contributed by atoms with Crippen molar-refractivity contribution in [2.45, 2.75) is 11.8 Å². The molecule has 0 bridgehead atoms. The monoisotopic (exact) mass is 348 g/mol. The minimum atomic E-state index is -0.829. The molecule has 0 aliphatic carbocycles. The second kappa shape index (κ2) is 6.95. The topological polar surface area (TPSA) is 0 Å². The SMILES string of the molecule is Fc1cccc(F)c1CC(CCl)(CCl)c1ccccc1Cl. The molecule has 0 saturated heterocycles. The number of alkyl halides is 2. The van der Waals surface area contributed by atoms with Crippen molar-refractivity contribution in [3.63, 3.8) is 0 Å². The minimum Gasteiger partial charge on any atom is -0.207 e. The minimum absolute atomic E-state index is 0.0290. The number of rotatable bonds is 5. The van der Waals surface area contributed by atoms with Crippen LogP contribution >= 0.6 is 34.8 Å². The van der Waals surface area contributed by atoms with Crippen molar-refractivity contribution in [3.8, 4) is 0 Å². The third-order valence-electron chi connectivity index (χ3n) is 3.53. The van der Waals surface area contributed by atoms with Crippen LogP contribution in [0.15, 0.2) is 42.5 Å². The molecule has 0 nitrogen and oxygen atoms in total. The van der Waals surface area contributed by atoms with Crippen LogP contribution in [0.1, 0.15) is 11.1 Å². The molecule has 5 heteroatoms. The van der Waals surface area contributed by atoms with Gasteiger partial charge in [-0.05, 0) is 30.2 Å². The van der Waals surface area contributed by atoms with Gasteiger partial charge in [-0.15, -0.1) is 23.2 Å². The molecule has 0 amide bonds. The zero-order chi connectivity index (χ0) is 15.5. The van der Waals surface area contributed by atoms with Crippen molar-refractivity contribution in [2.24, 2.45) is 0 Å². The predicted molar refractivity (Wildman–Crippen MR) is 84.6 cm³/mol. The molecule has 0 aromatic heterocycles. The second-order valence-electron chi connectivity index (χ2n) is 4.90. The Labute approximate surface area is 137 Å². The lowest BCUT2D eigenvalue weighted by Gasteiger charge is -2.31. The van der Waals surface area contributed by atoms with Crippen molar-refractivity contribution < 1.29 is 8.78 Å². The molecule has 0 atom stereocenters. The van der Waals surface area contributed by atoms with E-state index in [0.717, 1.165) is 0 Å². The summed E-state index contributed by atoms with van der Waals surface area (Å²) < 4.78 is 27.8. The van der Waals surface area contributed by atoms with E-state index in [4.69, 9.17) is 34.8 Å². The summed E-state index contributed by atoms with van der Waals surface area (Å²) in [6, 6.07) is 10.8.